The van der Waals surface area contributed by atoms with Crippen LogP contribution in [-0.2, 0) is 9.53 Å². The SMILES string of the molecule is CN(CCOc1ccc(Cl)cc1)C(=O)C1COCCN1.Cl. The van der Waals surface area contributed by atoms with Crippen LogP contribution in [0.5, 0.6) is 5.75 Å². The maximum Gasteiger partial charge on any atom is 0.241 e. The van der Waals surface area contributed by atoms with Crippen molar-refractivity contribution in [3.05, 3.63) is 29.3 Å². The number of carbonyl (C=O) groups excluding carboxylic acids is 1. The fourth-order valence-corrected chi connectivity index (χ4v) is 2.06. The molecule has 1 saturated heterocycles. The summed E-state index contributed by atoms with van der Waals surface area (Å²) in [6.07, 6.45) is 0. The highest BCUT2D eigenvalue weighted by Crippen LogP contribution is 2.15. The molecule has 1 unspecified atom stereocenters. The molecule has 0 bridgehead atoms. The van der Waals surface area contributed by atoms with Crippen molar-refractivity contribution in [2.45, 2.75) is 6.04 Å². The zero-order valence-corrected chi connectivity index (χ0v) is 13.5. The number of hydrogen-bond acceptors (Lipinski definition) is 4. The van der Waals surface area contributed by atoms with Crippen molar-refractivity contribution in [3.63, 3.8) is 0 Å². The van der Waals surface area contributed by atoms with Crippen LogP contribution in [-0.4, -0.2) is 56.8 Å². The normalized spacial score (nSPS) is 17.7. The molecule has 118 valence electrons. The van der Waals surface area contributed by atoms with Crippen molar-refractivity contribution in [2.75, 3.05) is 40.0 Å². The molecule has 1 aromatic rings. The third kappa shape index (κ3) is 5.71. The maximum absolute atomic E-state index is 12.1. The van der Waals surface area contributed by atoms with E-state index in [1.807, 2.05) is 0 Å². The van der Waals surface area contributed by atoms with Gasteiger partial charge in [-0.1, -0.05) is 11.6 Å². The predicted molar refractivity (Wildman–Crippen MR) is 84.4 cm³/mol. The van der Waals surface area contributed by atoms with E-state index in [0.717, 1.165) is 5.75 Å². The predicted octanol–water partition coefficient (Wildman–Crippen LogP) is 1.59. The number of benzene rings is 1. The van der Waals surface area contributed by atoms with Gasteiger partial charge in [0, 0.05) is 18.6 Å². The first-order chi connectivity index (χ1) is 9.66. The summed E-state index contributed by atoms with van der Waals surface area (Å²) in [4.78, 5) is 13.8. The van der Waals surface area contributed by atoms with Crippen molar-refractivity contribution in [1.29, 1.82) is 0 Å². The lowest BCUT2D eigenvalue weighted by Gasteiger charge is -2.27. The summed E-state index contributed by atoms with van der Waals surface area (Å²) >= 11 is 5.80. The molecule has 21 heavy (non-hydrogen) atoms. The average Bonchev–Trinajstić information content (AvgIpc) is 2.49. The first-order valence-electron chi connectivity index (χ1n) is 6.61. The minimum atomic E-state index is -0.246. The summed E-state index contributed by atoms with van der Waals surface area (Å²) in [5.74, 6) is 0.777. The zero-order chi connectivity index (χ0) is 14.4. The first kappa shape index (κ1) is 18.0. The molecule has 1 aliphatic rings. The van der Waals surface area contributed by atoms with Crippen molar-refractivity contribution in [2.24, 2.45) is 0 Å². The molecule has 1 N–H and O–H groups in total. The van der Waals surface area contributed by atoms with E-state index in [2.05, 4.69) is 5.32 Å². The minimum Gasteiger partial charge on any atom is -0.492 e. The number of halogens is 2. The third-order valence-electron chi connectivity index (χ3n) is 3.11. The van der Waals surface area contributed by atoms with E-state index in [1.54, 1.807) is 36.2 Å². The zero-order valence-electron chi connectivity index (χ0n) is 11.9. The number of nitrogens with one attached hydrogen (secondary N) is 1. The van der Waals surface area contributed by atoms with Gasteiger partial charge < -0.3 is 19.7 Å². The van der Waals surface area contributed by atoms with E-state index in [4.69, 9.17) is 21.1 Å². The van der Waals surface area contributed by atoms with Gasteiger partial charge in [0.05, 0.1) is 19.8 Å². The molecular weight excluding hydrogens is 315 g/mol. The van der Waals surface area contributed by atoms with Crippen molar-refractivity contribution < 1.29 is 14.3 Å². The average molecular weight is 335 g/mol. The number of ether oxygens (including phenoxy) is 2. The Labute approximate surface area is 135 Å². The Morgan fingerprint density at radius 2 is 2.19 bits per heavy atom. The van der Waals surface area contributed by atoms with Gasteiger partial charge in [-0.2, -0.15) is 0 Å². The first-order valence-corrected chi connectivity index (χ1v) is 6.99. The van der Waals surface area contributed by atoms with Crippen LogP contribution < -0.4 is 10.1 Å². The summed E-state index contributed by atoms with van der Waals surface area (Å²) in [5, 5.41) is 3.82. The fourth-order valence-electron chi connectivity index (χ4n) is 1.93. The molecule has 0 spiro atoms. The molecule has 1 amide bonds. The van der Waals surface area contributed by atoms with Gasteiger partial charge in [-0.05, 0) is 24.3 Å². The molecule has 1 heterocycles. The van der Waals surface area contributed by atoms with Gasteiger partial charge in [0.15, 0.2) is 0 Å². The molecule has 0 aliphatic carbocycles. The van der Waals surface area contributed by atoms with Crippen LogP contribution in [0.4, 0.5) is 0 Å². The lowest BCUT2D eigenvalue weighted by atomic mass is 10.2. The molecule has 1 atom stereocenters. The number of nitrogens with zero attached hydrogens (tertiary/aromatic N) is 1. The van der Waals surface area contributed by atoms with Gasteiger partial charge in [0.25, 0.3) is 0 Å². The van der Waals surface area contributed by atoms with Crippen LogP contribution in [0.2, 0.25) is 5.02 Å². The lowest BCUT2D eigenvalue weighted by Crippen LogP contribution is -2.52. The second-order valence-electron chi connectivity index (χ2n) is 4.64. The summed E-state index contributed by atoms with van der Waals surface area (Å²) in [6, 6.07) is 6.91. The van der Waals surface area contributed by atoms with Crippen molar-refractivity contribution in [1.82, 2.24) is 10.2 Å². The van der Waals surface area contributed by atoms with Crippen molar-refractivity contribution >= 4 is 29.9 Å². The van der Waals surface area contributed by atoms with Crippen LogP contribution in [0, 0.1) is 0 Å². The van der Waals surface area contributed by atoms with Gasteiger partial charge in [-0.25, -0.2) is 0 Å². The van der Waals surface area contributed by atoms with Crippen LogP contribution >= 0.6 is 24.0 Å². The smallest absolute Gasteiger partial charge is 0.241 e. The Bertz CT molecular complexity index is 436. The second kappa shape index (κ2) is 9.10. The fraction of sp³-hybridized carbons (Fsp3) is 0.500. The molecule has 7 heteroatoms. The van der Waals surface area contributed by atoms with Gasteiger partial charge in [0.1, 0.15) is 18.4 Å². The van der Waals surface area contributed by atoms with Crippen LogP contribution in [0.1, 0.15) is 0 Å². The summed E-state index contributed by atoms with van der Waals surface area (Å²) in [6.45, 7) is 2.77. The van der Waals surface area contributed by atoms with E-state index < -0.39 is 0 Å². The summed E-state index contributed by atoms with van der Waals surface area (Å²) < 4.78 is 10.8. The number of carbonyl (C=O) groups is 1. The highest BCUT2D eigenvalue weighted by Gasteiger charge is 2.23. The minimum absolute atomic E-state index is 0. The van der Waals surface area contributed by atoms with E-state index in [1.165, 1.54) is 0 Å². The van der Waals surface area contributed by atoms with Gasteiger partial charge >= 0.3 is 0 Å². The van der Waals surface area contributed by atoms with E-state index in [-0.39, 0.29) is 24.4 Å². The number of rotatable bonds is 5. The number of morpholine rings is 1. The van der Waals surface area contributed by atoms with Gasteiger partial charge in [-0.15, -0.1) is 12.4 Å². The Morgan fingerprint density at radius 1 is 1.48 bits per heavy atom. The molecule has 1 aliphatic heterocycles. The largest absolute Gasteiger partial charge is 0.492 e. The van der Waals surface area contributed by atoms with Crippen LogP contribution in [0.25, 0.3) is 0 Å². The highest BCUT2D eigenvalue weighted by atomic mass is 35.5. The topological polar surface area (TPSA) is 50.8 Å². The lowest BCUT2D eigenvalue weighted by molar-refractivity contribution is -0.135. The van der Waals surface area contributed by atoms with Gasteiger partial charge in [-0.3, -0.25) is 4.79 Å². The number of likely N-dealkylation sites (N-methyl/N-ethyl adjacent to an activating group) is 1. The van der Waals surface area contributed by atoms with E-state index in [9.17, 15) is 4.79 Å². The second-order valence-corrected chi connectivity index (χ2v) is 5.08. The van der Waals surface area contributed by atoms with Crippen molar-refractivity contribution in [3.8, 4) is 5.75 Å². The standard InChI is InChI=1S/C14H19ClN2O3.ClH/c1-17(14(18)13-10-19-8-6-16-13)7-9-20-12-4-2-11(15)3-5-12;/h2-5,13,16H,6-10H2,1H3;1H. The Balaban J connectivity index is 0.00000220. The molecule has 5 nitrogen and oxygen atoms in total. The summed E-state index contributed by atoms with van der Waals surface area (Å²) in [7, 11) is 1.77. The third-order valence-corrected chi connectivity index (χ3v) is 3.36. The number of hydrogen-bond donors (Lipinski definition) is 1. The Kier molecular flexibility index (Phi) is 7.82. The maximum atomic E-state index is 12.1. The number of amides is 1. The molecule has 0 saturated carbocycles. The summed E-state index contributed by atoms with van der Waals surface area (Å²) in [5.41, 5.74) is 0. The molecule has 0 radical (unpaired) electrons. The molecule has 1 fully saturated rings. The van der Waals surface area contributed by atoms with Crippen LogP contribution in [0.3, 0.4) is 0 Å². The van der Waals surface area contributed by atoms with E-state index in [0.29, 0.717) is 37.9 Å². The Hall–Kier alpha value is -1.01. The Morgan fingerprint density at radius 3 is 2.81 bits per heavy atom. The van der Waals surface area contributed by atoms with Gasteiger partial charge in [0.2, 0.25) is 5.91 Å². The van der Waals surface area contributed by atoms with E-state index >= 15 is 0 Å². The molecular formula is C14H20Cl2N2O3. The van der Waals surface area contributed by atoms with Crippen LogP contribution in [0.15, 0.2) is 24.3 Å². The highest BCUT2D eigenvalue weighted by molar-refractivity contribution is 6.30. The molecule has 2 rings (SSSR count). The molecule has 0 aromatic heterocycles. The molecule has 1 aromatic carbocycles. The quantitative estimate of drug-likeness (QED) is 0.888. The monoisotopic (exact) mass is 334 g/mol.